The molecule has 0 radical (unpaired) electrons. The number of halogens is 1. The maximum Gasteiger partial charge on any atom is 0.168 e. The third-order valence-corrected chi connectivity index (χ3v) is 4.31. The summed E-state index contributed by atoms with van der Waals surface area (Å²) in [6.45, 7) is 2.07. The molecule has 3 aromatic carbocycles. The zero-order valence-corrected chi connectivity index (χ0v) is 14.5. The van der Waals surface area contributed by atoms with Gasteiger partial charge in [-0.3, -0.25) is 4.57 Å². The van der Waals surface area contributed by atoms with Crippen LogP contribution in [0.1, 0.15) is 5.56 Å². The first-order valence-electron chi connectivity index (χ1n) is 8.06. The summed E-state index contributed by atoms with van der Waals surface area (Å²) in [5.74, 6) is 1.58. The molecule has 0 bridgehead atoms. The topological polar surface area (TPSA) is 30.7 Å². The largest absolute Gasteiger partial charge is 0.275 e. The lowest BCUT2D eigenvalue weighted by Gasteiger charge is -2.11. The molecule has 3 nitrogen and oxygen atoms in total. The van der Waals surface area contributed by atoms with E-state index in [9.17, 15) is 0 Å². The molecule has 0 aliphatic rings. The van der Waals surface area contributed by atoms with Gasteiger partial charge in [0.15, 0.2) is 11.6 Å². The molecule has 0 unspecified atom stereocenters. The Bertz CT molecular complexity index is 1010. The van der Waals surface area contributed by atoms with E-state index in [0.717, 1.165) is 28.5 Å². The zero-order valence-electron chi connectivity index (χ0n) is 13.7. The molecule has 1 heterocycles. The van der Waals surface area contributed by atoms with Crippen molar-refractivity contribution < 1.29 is 0 Å². The third-order valence-electron chi connectivity index (χ3n) is 4.07. The molecule has 0 atom stereocenters. The molecule has 25 heavy (non-hydrogen) atoms. The Morgan fingerprint density at radius 2 is 1.36 bits per heavy atom. The summed E-state index contributed by atoms with van der Waals surface area (Å²) >= 11 is 6.23. The van der Waals surface area contributed by atoms with Crippen molar-refractivity contribution in [1.29, 1.82) is 0 Å². The highest BCUT2D eigenvalue weighted by Crippen LogP contribution is 2.29. The molecule has 0 saturated carbocycles. The number of rotatable bonds is 3. The van der Waals surface area contributed by atoms with Crippen molar-refractivity contribution >= 4 is 11.6 Å². The summed E-state index contributed by atoms with van der Waals surface area (Å²) in [6, 6.07) is 26.1. The number of hydrogen-bond acceptors (Lipinski definition) is 2. The van der Waals surface area contributed by atoms with Crippen LogP contribution in [0.4, 0.5) is 0 Å². The van der Waals surface area contributed by atoms with Crippen molar-refractivity contribution in [3.05, 3.63) is 89.4 Å². The lowest BCUT2D eigenvalue weighted by atomic mass is 10.1. The highest BCUT2D eigenvalue weighted by Gasteiger charge is 2.17. The van der Waals surface area contributed by atoms with Gasteiger partial charge < -0.3 is 0 Å². The Kier molecular flexibility index (Phi) is 4.08. The van der Waals surface area contributed by atoms with Gasteiger partial charge in [0.2, 0.25) is 0 Å². The van der Waals surface area contributed by atoms with Gasteiger partial charge in [0.25, 0.3) is 0 Å². The molecule has 122 valence electrons. The van der Waals surface area contributed by atoms with Gasteiger partial charge in [-0.1, -0.05) is 77.8 Å². The van der Waals surface area contributed by atoms with Gasteiger partial charge in [0.1, 0.15) is 0 Å². The van der Waals surface area contributed by atoms with Gasteiger partial charge in [0, 0.05) is 16.1 Å². The number of nitrogens with zero attached hydrogens (tertiary/aromatic N) is 3. The van der Waals surface area contributed by atoms with Crippen molar-refractivity contribution in [3.8, 4) is 28.5 Å². The van der Waals surface area contributed by atoms with Crippen LogP contribution in [0.25, 0.3) is 28.5 Å². The van der Waals surface area contributed by atoms with Crippen molar-refractivity contribution in [3.63, 3.8) is 0 Å². The first-order chi connectivity index (χ1) is 12.2. The standard InChI is InChI=1S/C21H16ClN3/c1-15-10-12-17(13-11-15)21-24-23-20(16-6-3-2-4-7-16)25(21)19-9-5-8-18(22)14-19/h2-14H,1H3. The van der Waals surface area contributed by atoms with E-state index in [0.29, 0.717) is 5.02 Å². The van der Waals surface area contributed by atoms with Gasteiger partial charge in [0.05, 0.1) is 5.69 Å². The molecule has 0 aliphatic carbocycles. The van der Waals surface area contributed by atoms with Crippen molar-refractivity contribution in [2.75, 3.05) is 0 Å². The molecule has 0 spiro atoms. The van der Waals surface area contributed by atoms with Crippen LogP contribution in [0, 0.1) is 6.92 Å². The van der Waals surface area contributed by atoms with Crippen LogP contribution >= 0.6 is 11.6 Å². The Morgan fingerprint density at radius 1 is 0.720 bits per heavy atom. The highest BCUT2D eigenvalue weighted by atomic mass is 35.5. The SMILES string of the molecule is Cc1ccc(-c2nnc(-c3ccccc3)n2-c2cccc(Cl)c2)cc1. The van der Waals surface area contributed by atoms with Crippen molar-refractivity contribution in [2.45, 2.75) is 6.92 Å². The fourth-order valence-electron chi connectivity index (χ4n) is 2.81. The third kappa shape index (κ3) is 3.06. The second-order valence-corrected chi connectivity index (χ2v) is 6.33. The average Bonchev–Trinajstić information content (AvgIpc) is 3.08. The van der Waals surface area contributed by atoms with Gasteiger partial charge in [-0.25, -0.2) is 0 Å². The summed E-state index contributed by atoms with van der Waals surface area (Å²) in [5.41, 5.74) is 4.17. The lowest BCUT2D eigenvalue weighted by molar-refractivity contribution is 1.07. The quantitative estimate of drug-likeness (QED) is 0.486. The average molecular weight is 346 g/mol. The van der Waals surface area contributed by atoms with E-state index in [-0.39, 0.29) is 0 Å². The van der Waals surface area contributed by atoms with E-state index < -0.39 is 0 Å². The Morgan fingerprint density at radius 3 is 2.00 bits per heavy atom. The van der Waals surface area contributed by atoms with E-state index in [2.05, 4.69) is 41.4 Å². The van der Waals surface area contributed by atoms with Crippen LogP contribution in [0.15, 0.2) is 78.9 Å². The van der Waals surface area contributed by atoms with Crippen LogP contribution in [0.2, 0.25) is 5.02 Å². The summed E-state index contributed by atoms with van der Waals surface area (Å²) in [5, 5.41) is 9.61. The highest BCUT2D eigenvalue weighted by molar-refractivity contribution is 6.30. The van der Waals surface area contributed by atoms with Crippen LogP contribution in [0.3, 0.4) is 0 Å². The molecule has 0 saturated heterocycles. The van der Waals surface area contributed by atoms with Gasteiger partial charge >= 0.3 is 0 Å². The predicted molar refractivity (Wildman–Crippen MR) is 102 cm³/mol. The first kappa shape index (κ1) is 15.6. The van der Waals surface area contributed by atoms with Gasteiger partial charge in [-0.15, -0.1) is 10.2 Å². The maximum absolute atomic E-state index is 6.23. The lowest BCUT2D eigenvalue weighted by Crippen LogP contribution is -2.00. The van der Waals surface area contributed by atoms with Crippen molar-refractivity contribution in [1.82, 2.24) is 14.8 Å². The summed E-state index contributed by atoms with van der Waals surface area (Å²) in [7, 11) is 0. The molecule has 0 aliphatic heterocycles. The molecular formula is C21H16ClN3. The summed E-state index contributed by atoms with van der Waals surface area (Å²) in [6.07, 6.45) is 0. The Labute approximate surface area is 151 Å². The number of aromatic nitrogens is 3. The van der Waals surface area contributed by atoms with E-state index >= 15 is 0 Å². The molecular weight excluding hydrogens is 330 g/mol. The molecule has 4 heteroatoms. The van der Waals surface area contributed by atoms with Crippen LogP contribution in [-0.2, 0) is 0 Å². The minimum atomic E-state index is 0.681. The normalized spacial score (nSPS) is 10.8. The Balaban J connectivity index is 1.96. The number of aryl methyl sites for hydroxylation is 1. The second kappa shape index (κ2) is 6.54. The summed E-state index contributed by atoms with van der Waals surface area (Å²) in [4.78, 5) is 0. The fourth-order valence-corrected chi connectivity index (χ4v) is 2.99. The van der Waals surface area contributed by atoms with Gasteiger partial charge in [-0.2, -0.15) is 0 Å². The van der Waals surface area contributed by atoms with E-state index in [1.54, 1.807) is 0 Å². The molecule has 1 aromatic heterocycles. The van der Waals surface area contributed by atoms with Crippen LogP contribution in [0.5, 0.6) is 0 Å². The summed E-state index contributed by atoms with van der Waals surface area (Å²) < 4.78 is 2.05. The predicted octanol–water partition coefficient (Wildman–Crippen LogP) is 5.56. The monoisotopic (exact) mass is 345 g/mol. The van der Waals surface area contributed by atoms with Gasteiger partial charge in [-0.05, 0) is 25.1 Å². The minimum Gasteiger partial charge on any atom is -0.275 e. The van der Waals surface area contributed by atoms with Crippen molar-refractivity contribution in [2.24, 2.45) is 0 Å². The molecule has 0 amide bonds. The molecule has 4 rings (SSSR count). The minimum absolute atomic E-state index is 0.681. The molecule has 4 aromatic rings. The number of hydrogen-bond donors (Lipinski definition) is 0. The zero-order chi connectivity index (χ0) is 17.2. The fraction of sp³-hybridized carbons (Fsp3) is 0.0476. The smallest absolute Gasteiger partial charge is 0.168 e. The van der Waals surface area contributed by atoms with E-state index in [1.807, 2.05) is 59.2 Å². The molecule has 0 N–H and O–H groups in total. The Hall–Kier alpha value is -2.91. The maximum atomic E-state index is 6.23. The number of benzene rings is 3. The first-order valence-corrected chi connectivity index (χ1v) is 8.44. The van der Waals surface area contributed by atoms with Crippen LogP contribution in [-0.4, -0.2) is 14.8 Å². The van der Waals surface area contributed by atoms with E-state index in [4.69, 9.17) is 11.6 Å². The van der Waals surface area contributed by atoms with Crippen LogP contribution < -0.4 is 0 Å². The van der Waals surface area contributed by atoms with E-state index in [1.165, 1.54) is 5.56 Å². The molecule has 0 fully saturated rings. The second-order valence-electron chi connectivity index (χ2n) is 5.89.